The molecule has 2 bridgehead atoms. The first kappa shape index (κ1) is 44.0. The fourth-order valence-corrected chi connectivity index (χ4v) is 11.1. The minimum absolute atomic E-state index is 0. The molecule has 266 valence electrons. The molecule has 0 aromatic heterocycles. The highest BCUT2D eigenvalue weighted by molar-refractivity contribution is 5.02. The SMILES string of the molecule is C.C.C.CC.CC1CCC(C(C)(C)C2CCC(C)CC2)CC1.CCC1CC2CC1C1CCCC21.CCC1CCC(CC)CC1. The van der Waals surface area contributed by atoms with Gasteiger partial charge in [0.05, 0.1) is 0 Å². The molecule has 6 aliphatic rings. The fraction of sp³-hybridized carbons (Fsp3) is 1.00. The third-order valence-corrected chi connectivity index (χ3v) is 14.3. The maximum atomic E-state index is 2.58. The van der Waals surface area contributed by atoms with Crippen LogP contribution in [0.1, 0.15) is 213 Å². The summed E-state index contributed by atoms with van der Waals surface area (Å²) in [5.74, 6) is 12.0. The van der Waals surface area contributed by atoms with E-state index in [0.717, 1.165) is 41.4 Å². The predicted octanol–water partition coefficient (Wildman–Crippen LogP) is 15.7. The Balaban J connectivity index is 0.000000612. The highest BCUT2D eigenvalue weighted by Crippen LogP contribution is 2.61. The smallest absolute Gasteiger partial charge is 0.0298 e. The van der Waals surface area contributed by atoms with Gasteiger partial charge in [-0.3, -0.25) is 0 Å². The number of hydrogen-bond donors (Lipinski definition) is 0. The Kier molecular flexibility index (Phi) is 21.8. The average Bonchev–Trinajstić information content (AvgIpc) is 3.74. The van der Waals surface area contributed by atoms with Crippen molar-refractivity contribution in [3.05, 3.63) is 0 Å². The van der Waals surface area contributed by atoms with E-state index in [1.54, 1.807) is 32.1 Å². The van der Waals surface area contributed by atoms with Crippen LogP contribution in [0.3, 0.4) is 0 Å². The average molecular weight is 619 g/mol. The summed E-state index contributed by atoms with van der Waals surface area (Å²) in [7, 11) is 0. The topological polar surface area (TPSA) is 0 Å². The van der Waals surface area contributed by atoms with E-state index in [4.69, 9.17) is 0 Å². The lowest BCUT2D eigenvalue weighted by Crippen LogP contribution is -2.36. The van der Waals surface area contributed by atoms with Gasteiger partial charge in [0.2, 0.25) is 0 Å². The molecule has 0 amide bonds. The molecule has 6 aliphatic carbocycles. The molecule has 0 aromatic carbocycles. The summed E-state index contributed by atoms with van der Waals surface area (Å²) in [4.78, 5) is 0. The van der Waals surface area contributed by atoms with Gasteiger partial charge in [0, 0.05) is 0 Å². The quantitative estimate of drug-likeness (QED) is 0.287. The number of rotatable bonds is 5. The molecular formula is C44H90. The zero-order chi connectivity index (χ0) is 30.0. The lowest BCUT2D eigenvalue weighted by molar-refractivity contribution is 0.0421. The Hall–Kier alpha value is 0. The van der Waals surface area contributed by atoms with Crippen LogP contribution in [0.25, 0.3) is 0 Å². The minimum Gasteiger partial charge on any atom is -0.0776 e. The van der Waals surface area contributed by atoms with Gasteiger partial charge in [-0.1, -0.05) is 162 Å². The molecule has 0 aromatic rings. The van der Waals surface area contributed by atoms with Gasteiger partial charge in [-0.2, -0.15) is 0 Å². The van der Waals surface area contributed by atoms with Crippen LogP contribution in [0, 0.1) is 70.5 Å². The van der Waals surface area contributed by atoms with E-state index >= 15 is 0 Å². The van der Waals surface area contributed by atoms with Crippen molar-refractivity contribution >= 4 is 0 Å². The Bertz CT molecular complexity index is 628. The van der Waals surface area contributed by atoms with Crippen molar-refractivity contribution < 1.29 is 0 Å². The van der Waals surface area contributed by atoms with E-state index in [2.05, 4.69) is 48.5 Å². The van der Waals surface area contributed by atoms with Crippen LogP contribution in [0.15, 0.2) is 0 Å². The predicted molar refractivity (Wildman–Crippen MR) is 204 cm³/mol. The van der Waals surface area contributed by atoms with E-state index < -0.39 is 0 Å². The molecule has 5 atom stereocenters. The molecule has 0 heteroatoms. The molecule has 5 unspecified atom stereocenters. The zero-order valence-electron chi connectivity index (χ0n) is 30.0. The largest absolute Gasteiger partial charge is 0.0776 e. The first-order valence-corrected chi connectivity index (χ1v) is 19.8. The van der Waals surface area contributed by atoms with Crippen molar-refractivity contribution in [3.63, 3.8) is 0 Å². The molecule has 0 heterocycles. The van der Waals surface area contributed by atoms with Crippen molar-refractivity contribution in [2.75, 3.05) is 0 Å². The Morgan fingerprint density at radius 3 is 1.27 bits per heavy atom. The van der Waals surface area contributed by atoms with Crippen LogP contribution in [0.2, 0.25) is 0 Å². The molecule has 0 N–H and O–H groups in total. The van der Waals surface area contributed by atoms with Gasteiger partial charge >= 0.3 is 0 Å². The molecular weight excluding hydrogens is 528 g/mol. The second kappa shape index (κ2) is 21.8. The van der Waals surface area contributed by atoms with Gasteiger partial charge < -0.3 is 0 Å². The van der Waals surface area contributed by atoms with Gasteiger partial charge in [-0.15, -0.1) is 0 Å². The van der Waals surface area contributed by atoms with Crippen LogP contribution in [-0.4, -0.2) is 0 Å². The van der Waals surface area contributed by atoms with Gasteiger partial charge in [0.15, 0.2) is 0 Å². The standard InChI is InChI=1S/C17H32.C12H20.C10H20.C2H6.3CH4/c1-13-5-9-15(10-6-13)17(3,4)16-11-7-14(2)8-12-16;1-2-8-6-9-7-12(8)11-5-3-4-10(9)11;1-3-9-5-7-10(4-2)8-6-9;1-2;;;/h13-16H,5-12H2,1-4H3;8-12H,2-7H2,1H3;9-10H,3-8H2,1-2H3;1-2H3;3*1H4. The molecule has 0 nitrogen and oxygen atoms in total. The second-order valence-corrected chi connectivity index (χ2v) is 16.8. The van der Waals surface area contributed by atoms with E-state index in [9.17, 15) is 0 Å². The van der Waals surface area contributed by atoms with Crippen molar-refractivity contribution in [3.8, 4) is 0 Å². The van der Waals surface area contributed by atoms with E-state index in [1.807, 2.05) is 13.8 Å². The van der Waals surface area contributed by atoms with Crippen LogP contribution in [-0.2, 0) is 0 Å². The highest BCUT2D eigenvalue weighted by atomic mass is 14.6. The van der Waals surface area contributed by atoms with Crippen LogP contribution >= 0.6 is 0 Å². The highest BCUT2D eigenvalue weighted by Gasteiger charge is 2.52. The minimum atomic E-state index is 0. The maximum absolute atomic E-state index is 2.58. The summed E-state index contributed by atoms with van der Waals surface area (Å²) in [5, 5.41) is 0. The summed E-state index contributed by atoms with van der Waals surface area (Å²) >= 11 is 0. The molecule has 44 heavy (non-hydrogen) atoms. The molecule has 0 saturated heterocycles. The normalized spacial score (nSPS) is 38.8. The van der Waals surface area contributed by atoms with Crippen LogP contribution < -0.4 is 0 Å². The van der Waals surface area contributed by atoms with Gasteiger partial charge in [-0.25, -0.2) is 0 Å². The number of hydrogen-bond acceptors (Lipinski definition) is 0. The van der Waals surface area contributed by atoms with Crippen molar-refractivity contribution in [1.29, 1.82) is 0 Å². The van der Waals surface area contributed by atoms with Gasteiger partial charge in [-0.05, 0) is 122 Å². The van der Waals surface area contributed by atoms with Crippen LogP contribution in [0.5, 0.6) is 0 Å². The van der Waals surface area contributed by atoms with Crippen molar-refractivity contribution in [1.82, 2.24) is 0 Å². The third kappa shape index (κ3) is 11.6. The third-order valence-electron chi connectivity index (χ3n) is 14.3. The van der Waals surface area contributed by atoms with E-state index in [0.29, 0.717) is 5.41 Å². The molecule has 6 rings (SSSR count). The van der Waals surface area contributed by atoms with E-state index in [-0.39, 0.29) is 22.3 Å². The molecule has 0 aliphatic heterocycles. The van der Waals surface area contributed by atoms with Crippen LogP contribution in [0.4, 0.5) is 0 Å². The van der Waals surface area contributed by atoms with E-state index in [1.165, 1.54) is 120 Å². The lowest BCUT2D eigenvalue weighted by Gasteiger charge is -2.46. The Labute approximate surface area is 282 Å². The van der Waals surface area contributed by atoms with Crippen molar-refractivity contribution in [2.45, 2.75) is 213 Å². The molecule has 6 fully saturated rings. The molecule has 6 saturated carbocycles. The first-order chi connectivity index (χ1) is 19.8. The lowest BCUT2D eigenvalue weighted by atomic mass is 9.59. The fourth-order valence-electron chi connectivity index (χ4n) is 11.1. The summed E-state index contributed by atoms with van der Waals surface area (Å²) in [6.07, 6.45) is 30.2. The Morgan fingerprint density at radius 2 is 0.886 bits per heavy atom. The first-order valence-electron chi connectivity index (χ1n) is 19.8. The second-order valence-electron chi connectivity index (χ2n) is 16.8. The zero-order valence-corrected chi connectivity index (χ0v) is 30.0. The van der Waals surface area contributed by atoms with Gasteiger partial charge in [0.1, 0.15) is 0 Å². The summed E-state index contributed by atoms with van der Waals surface area (Å²) < 4.78 is 0. The Morgan fingerprint density at radius 1 is 0.477 bits per heavy atom. The number of fused-ring (bicyclic) bond motifs is 5. The summed E-state index contributed by atoms with van der Waals surface area (Å²) in [5.41, 5.74) is 0.611. The monoisotopic (exact) mass is 619 g/mol. The van der Waals surface area contributed by atoms with Gasteiger partial charge in [0.25, 0.3) is 0 Å². The summed E-state index contributed by atoms with van der Waals surface area (Å²) in [6, 6.07) is 0. The molecule has 0 radical (unpaired) electrons. The summed E-state index contributed by atoms with van der Waals surface area (Å²) in [6.45, 7) is 21.1. The molecule has 0 spiro atoms. The maximum Gasteiger partial charge on any atom is -0.0298 e. The van der Waals surface area contributed by atoms with Crippen molar-refractivity contribution in [2.24, 2.45) is 70.5 Å².